The molecule has 1 saturated heterocycles. The SMILES string of the molecule is O=c1ccc(C2CCCCC2)c2n1C[C@H]1C[C@@H]2C[NH+](Cc2ccc(CO)o2)C1. The molecule has 3 aliphatic rings. The van der Waals surface area contributed by atoms with Gasteiger partial charge in [-0.25, -0.2) is 0 Å². The summed E-state index contributed by atoms with van der Waals surface area (Å²) in [6, 6.07) is 7.83. The van der Waals surface area contributed by atoms with Crippen LogP contribution in [0.3, 0.4) is 0 Å². The highest BCUT2D eigenvalue weighted by Crippen LogP contribution is 2.40. The Labute approximate surface area is 166 Å². The lowest BCUT2D eigenvalue weighted by Gasteiger charge is -2.42. The molecule has 5 rings (SSSR count). The van der Waals surface area contributed by atoms with Crippen molar-refractivity contribution < 1.29 is 14.4 Å². The molecule has 4 heterocycles. The second-order valence-electron chi connectivity index (χ2n) is 9.12. The summed E-state index contributed by atoms with van der Waals surface area (Å²) in [5.41, 5.74) is 3.00. The molecule has 1 saturated carbocycles. The zero-order chi connectivity index (χ0) is 19.1. The van der Waals surface area contributed by atoms with Crippen LogP contribution in [0, 0.1) is 5.92 Å². The number of nitrogens with zero attached hydrogens (tertiary/aromatic N) is 1. The zero-order valence-corrected chi connectivity index (χ0v) is 16.5. The molecular weight excluding hydrogens is 352 g/mol. The fraction of sp³-hybridized carbons (Fsp3) is 0.609. The first-order chi connectivity index (χ1) is 13.7. The Kier molecular flexibility index (Phi) is 4.89. The van der Waals surface area contributed by atoms with Crippen molar-refractivity contribution in [2.45, 2.75) is 70.1 Å². The van der Waals surface area contributed by atoms with Crippen molar-refractivity contribution in [3.8, 4) is 0 Å². The van der Waals surface area contributed by atoms with Crippen LogP contribution in [0.4, 0.5) is 0 Å². The number of hydrogen-bond donors (Lipinski definition) is 2. The fourth-order valence-corrected chi connectivity index (χ4v) is 6.02. The number of furan rings is 1. The molecule has 5 heteroatoms. The van der Waals surface area contributed by atoms with Crippen LogP contribution in [-0.4, -0.2) is 22.8 Å². The number of rotatable bonds is 4. The van der Waals surface area contributed by atoms with E-state index in [-0.39, 0.29) is 12.2 Å². The third-order valence-electron chi connectivity index (χ3n) is 7.16. The van der Waals surface area contributed by atoms with Gasteiger partial charge >= 0.3 is 0 Å². The van der Waals surface area contributed by atoms with Crippen LogP contribution in [-0.2, 0) is 19.7 Å². The van der Waals surface area contributed by atoms with Gasteiger partial charge in [-0.1, -0.05) is 25.3 Å². The van der Waals surface area contributed by atoms with Gasteiger partial charge in [0.1, 0.15) is 18.9 Å². The molecule has 2 aliphatic heterocycles. The first-order valence-corrected chi connectivity index (χ1v) is 11.0. The third kappa shape index (κ3) is 3.35. The maximum atomic E-state index is 12.7. The molecule has 2 fully saturated rings. The summed E-state index contributed by atoms with van der Waals surface area (Å²) in [6.45, 7) is 3.85. The molecule has 0 spiro atoms. The summed E-state index contributed by atoms with van der Waals surface area (Å²) >= 11 is 0. The Morgan fingerprint density at radius 1 is 1.04 bits per heavy atom. The smallest absolute Gasteiger partial charge is 0.250 e. The summed E-state index contributed by atoms with van der Waals surface area (Å²) in [7, 11) is 0. The van der Waals surface area contributed by atoms with E-state index < -0.39 is 0 Å². The highest BCUT2D eigenvalue weighted by Gasteiger charge is 2.39. The predicted octanol–water partition coefficient (Wildman–Crippen LogP) is 2.18. The number of aromatic nitrogens is 1. The molecule has 28 heavy (non-hydrogen) atoms. The standard InChI is InChI=1S/C23H30N2O3/c26-15-20-7-6-19(28-20)14-24-11-16-10-18(13-24)23-21(17-4-2-1-3-5-17)8-9-22(27)25(23)12-16/h6-9,16-18,26H,1-5,10-15H2/p+1/t16-,18+/m0/s1. The van der Waals surface area contributed by atoms with Gasteiger partial charge in [0, 0.05) is 30.1 Å². The number of pyridine rings is 1. The first-order valence-electron chi connectivity index (χ1n) is 11.0. The lowest BCUT2D eigenvalue weighted by Crippen LogP contribution is -3.13. The predicted molar refractivity (Wildman–Crippen MR) is 106 cm³/mol. The lowest BCUT2D eigenvalue weighted by molar-refractivity contribution is -0.925. The first kappa shape index (κ1) is 18.2. The molecule has 3 atom stereocenters. The molecule has 2 N–H and O–H groups in total. The molecule has 5 nitrogen and oxygen atoms in total. The van der Waals surface area contributed by atoms with Crippen LogP contribution in [0.25, 0.3) is 0 Å². The topological polar surface area (TPSA) is 59.8 Å². The average molecular weight is 384 g/mol. The van der Waals surface area contributed by atoms with E-state index in [0.717, 1.165) is 31.9 Å². The molecule has 0 amide bonds. The van der Waals surface area contributed by atoms with Gasteiger partial charge in [-0.15, -0.1) is 0 Å². The number of aliphatic hydroxyl groups is 1. The Bertz CT molecular complexity index is 893. The minimum absolute atomic E-state index is 0.0401. The normalized spacial score (nSPS) is 27.5. The Morgan fingerprint density at radius 3 is 2.64 bits per heavy atom. The fourth-order valence-electron chi connectivity index (χ4n) is 6.02. The van der Waals surface area contributed by atoms with E-state index >= 15 is 0 Å². The van der Waals surface area contributed by atoms with E-state index in [1.165, 1.54) is 54.7 Å². The van der Waals surface area contributed by atoms with Crippen LogP contribution in [0.5, 0.6) is 0 Å². The summed E-state index contributed by atoms with van der Waals surface area (Å²) in [5.74, 6) is 3.27. The van der Waals surface area contributed by atoms with Crippen molar-refractivity contribution in [3.63, 3.8) is 0 Å². The summed E-state index contributed by atoms with van der Waals surface area (Å²) < 4.78 is 7.86. The van der Waals surface area contributed by atoms with Gasteiger partial charge in [0.15, 0.2) is 5.76 Å². The molecule has 1 unspecified atom stereocenters. The van der Waals surface area contributed by atoms with Crippen LogP contribution < -0.4 is 10.5 Å². The lowest BCUT2D eigenvalue weighted by atomic mass is 9.76. The number of quaternary nitrogens is 1. The van der Waals surface area contributed by atoms with E-state index in [1.807, 2.05) is 18.2 Å². The maximum absolute atomic E-state index is 12.7. The number of piperidine rings is 1. The van der Waals surface area contributed by atoms with Crippen molar-refractivity contribution in [1.29, 1.82) is 0 Å². The molecular formula is C23H31N2O3+. The van der Waals surface area contributed by atoms with Gasteiger partial charge in [0.2, 0.25) is 0 Å². The highest BCUT2D eigenvalue weighted by molar-refractivity contribution is 5.30. The summed E-state index contributed by atoms with van der Waals surface area (Å²) in [5, 5.41) is 9.24. The Morgan fingerprint density at radius 2 is 1.86 bits per heavy atom. The molecule has 2 bridgehead atoms. The highest BCUT2D eigenvalue weighted by atomic mass is 16.4. The monoisotopic (exact) mass is 383 g/mol. The van der Waals surface area contributed by atoms with E-state index in [0.29, 0.717) is 23.5 Å². The number of aliphatic hydroxyl groups excluding tert-OH is 1. The van der Waals surface area contributed by atoms with Crippen LogP contribution in [0.1, 0.15) is 73.1 Å². The van der Waals surface area contributed by atoms with Crippen molar-refractivity contribution in [1.82, 2.24) is 4.57 Å². The Balaban J connectivity index is 1.43. The number of fused-ring (bicyclic) bond motifs is 4. The molecule has 1 aliphatic carbocycles. The molecule has 2 aromatic heterocycles. The van der Waals surface area contributed by atoms with E-state index in [1.54, 1.807) is 0 Å². The minimum atomic E-state index is -0.0401. The largest absolute Gasteiger partial charge is 0.458 e. The summed E-state index contributed by atoms with van der Waals surface area (Å²) in [4.78, 5) is 14.2. The van der Waals surface area contributed by atoms with Crippen molar-refractivity contribution in [2.75, 3.05) is 13.1 Å². The second kappa shape index (κ2) is 7.53. The van der Waals surface area contributed by atoms with Crippen molar-refractivity contribution in [2.24, 2.45) is 5.92 Å². The van der Waals surface area contributed by atoms with E-state index in [2.05, 4.69) is 10.6 Å². The van der Waals surface area contributed by atoms with Crippen LogP contribution >= 0.6 is 0 Å². The molecule has 150 valence electrons. The van der Waals surface area contributed by atoms with Gasteiger partial charge in [-0.05, 0) is 42.9 Å². The average Bonchev–Trinajstić information content (AvgIpc) is 3.17. The third-order valence-corrected chi connectivity index (χ3v) is 7.16. The quantitative estimate of drug-likeness (QED) is 0.851. The molecule has 0 radical (unpaired) electrons. The number of hydrogen-bond acceptors (Lipinski definition) is 3. The Hall–Kier alpha value is -1.85. The molecule has 0 aromatic carbocycles. The van der Waals surface area contributed by atoms with Gasteiger partial charge < -0.3 is 19.0 Å². The van der Waals surface area contributed by atoms with Gasteiger partial charge in [0.05, 0.1) is 13.1 Å². The summed E-state index contributed by atoms with van der Waals surface area (Å²) in [6.07, 6.45) is 7.75. The number of nitrogens with one attached hydrogen (secondary N) is 1. The second-order valence-corrected chi connectivity index (χ2v) is 9.12. The maximum Gasteiger partial charge on any atom is 0.250 e. The van der Waals surface area contributed by atoms with Crippen LogP contribution in [0.15, 0.2) is 33.5 Å². The van der Waals surface area contributed by atoms with E-state index in [4.69, 9.17) is 4.42 Å². The van der Waals surface area contributed by atoms with Crippen molar-refractivity contribution in [3.05, 3.63) is 57.4 Å². The zero-order valence-electron chi connectivity index (χ0n) is 16.5. The van der Waals surface area contributed by atoms with Gasteiger partial charge in [-0.2, -0.15) is 0 Å². The van der Waals surface area contributed by atoms with E-state index in [9.17, 15) is 9.90 Å². The van der Waals surface area contributed by atoms with Crippen LogP contribution in [0.2, 0.25) is 0 Å². The molecule has 2 aromatic rings. The van der Waals surface area contributed by atoms with Gasteiger partial charge in [-0.3, -0.25) is 4.79 Å². The van der Waals surface area contributed by atoms with Crippen molar-refractivity contribution >= 4 is 0 Å². The number of likely N-dealkylation sites (tertiary alicyclic amines) is 1. The minimum Gasteiger partial charge on any atom is -0.458 e. The van der Waals surface area contributed by atoms with Gasteiger partial charge in [0.25, 0.3) is 5.56 Å².